The first-order valence-corrected chi connectivity index (χ1v) is 4.27. The van der Waals surface area contributed by atoms with Gasteiger partial charge in [-0.2, -0.15) is 0 Å². The average molecular weight is 142 g/mol. The molecule has 0 aromatic heterocycles. The van der Waals surface area contributed by atoms with Gasteiger partial charge in [-0.3, -0.25) is 4.48 Å². The summed E-state index contributed by atoms with van der Waals surface area (Å²) in [4.78, 5) is 0. The number of nitrogens with zero attached hydrogens (tertiary/aromatic N) is 1. The van der Waals surface area contributed by atoms with Crippen LogP contribution in [-0.4, -0.2) is 37.0 Å². The smallest absolute Gasteiger partial charge is 0.183 e. The zero-order valence-electron chi connectivity index (χ0n) is 6.68. The van der Waals surface area contributed by atoms with Crippen LogP contribution in [0.1, 0.15) is 19.8 Å². The minimum atomic E-state index is 0.766. The van der Waals surface area contributed by atoms with Crippen molar-refractivity contribution >= 4 is 0 Å². The Balaban J connectivity index is 2.11. The third-order valence-electron chi connectivity index (χ3n) is 3.10. The molecule has 1 spiro atoms. The summed E-state index contributed by atoms with van der Waals surface area (Å²) in [6.45, 7) is 7.02. The Hall–Kier alpha value is -0.0800. The van der Waals surface area contributed by atoms with Gasteiger partial charge in [0.05, 0.1) is 13.1 Å². The molecule has 2 rings (SSSR count). The maximum Gasteiger partial charge on any atom is 0.183 e. The zero-order chi connectivity index (χ0) is 7.03. The molecule has 2 fully saturated rings. The normalized spacial score (nSPS) is 37.5. The summed E-state index contributed by atoms with van der Waals surface area (Å²) >= 11 is 0. The molecule has 0 radical (unpaired) electrons. The molecule has 58 valence electrons. The Morgan fingerprint density at radius 2 is 2.00 bits per heavy atom. The first-order valence-electron chi connectivity index (χ1n) is 4.27. The van der Waals surface area contributed by atoms with Crippen molar-refractivity contribution in [3.63, 3.8) is 0 Å². The van der Waals surface area contributed by atoms with Crippen molar-refractivity contribution < 1.29 is 9.22 Å². The quantitative estimate of drug-likeness (QED) is 0.458. The van der Waals surface area contributed by atoms with Crippen molar-refractivity contribution in [3.8, 4) is 0 Å². The van der Waals surface area contributed by atoms with Crippen LogP contribution in [0, 0.1) is 0 Å². The van der Waals surface area contributed by atoms with Crippen LogP contribution < -0.4 is 0 Å². The largest absolute Gasteiger partial charge is 0.326 e. The van der Waals surface area contributed by atoms with Gasteiger partial charge in [-0.1, -0.05) is 0 Å². The molecule has 2 saturated heterocycles. The molecular weight excluding hydrogens is 126 g/mol. The van der Waals surface area contributed by atoms with Crippen LogP contribution in [0.5, 0.6) is 0 Å². The minimum Gasteiger partial charge on any atom is -0.326 e. The molecule has 0 aromatic rings. The summed E-state index contributed by atoms with van der Waals surface area (Å²) in [7, 11) is 0. The molecule has 2 heteroatoms. The van der Waals surface area contributed by atoms with Crippen molar-refractivity contribution in [1.29, 1.82) is 0 Å². The second kappa shape index (κ2) is 2.21. The van der Waals surface area contributed by atoms with Crippen LogP contribution in [0.3, 0.4) is 0 Å². The van der Waals surface area contributed by atoms with E-state index in [1.54, 1.807) is 0 Å². The van der Waals surface area contributed by atoms with E-state index in [0.29, 0.717) is 0 Å². The minimum absolute atomic E-state index is 0.766. The lowest BCUT2D eigenvalue weighted by molar-refractivity contribution is -0.933. The standard InChI is InChI=1S/C8H16NO/c1-8-6-10-7-9(8)4-2-3-5-9/h8H,2-7H2,1H3/q+1. The van der Waals surface area contributed by atoms with Crippen LogP contribution in [0.2, 0.25) is 0 Å². The van der Waals surface area contributed by atoms with Crippen molar-refractivity contribution in [2.24, 2.45) is 0 Å². The molecule has 0 aliphatic carbocycles. The van der Waals surface area contributed by atoms with E-state index in [-0.39, 0.29) is 0 Å². The predicted molar refractivity (Wildman–Crippen MR) is 39.5 cm³/mol. The van der Waals surface area contributed by atoms with Crippen molar-refractivity contribution in [2.75, 3.05) is 26.4 Å². The van der Waals surface area contributed by atoms with E-state index in [4.69, 9.17) is 4.74 Å². The van der Waals surface area contributed by atoms with E-state index >= 15 is 0 Å². The summed E-state index contributed by atoms with van der Waals surface area (Å²) < 4.78 is 6.73. The molecule has 2 aliphatic heterocycles. The highest BCUT2D eigenvalue weighted by Crippen LogP contribution is 2.27. The molecule has 2 nitrogen and oxygen atoms in total. The highest BCUT2D eigenvalue weighted by Gasteiger charge is 2.41. The fourth-order valence-electron chi connectivity index (χ4n) is 2.23. The molecule has 1 atom stereocenters. The maximum atomic E-state index is 5.47. The molecule has 10 heavy (non-hydrogen) atoms. The predicted octanol–water partition coefficient (Wildman–Crippen LogP) is 0.973. The second-order valence-corrected chi connectivity index (χ2v) is 3.72. The van der Waals surface area contributed by atoms with Gasteiger partial charge in [-0.15, -0.1) is 0 Å². The van der Waals surface area contributed by atoms with Crippen molar-refractivity contribution in [3.05, 3.63) is 0 Å². The van der Waals surface area contributed by atoms with Gasteiger partial charge in [0.2, 0.25) is 0 Å². The zero-order valence-corrected chi connectivity index (χ0v) is 6.68. The SMILES string of the molecule is CC1COC[N+]12CCCC2. The Morgan fingerprint density at radius 3 is 2.50 bits per heavy atom. The lowest BCUT2D eigenvalue weighted by Crippen LogP contribution is -2.48. The Bertz CT molecular complexity index is 124. The molecule has 0 saturated carbocycles. The van der Waals surface area contributed by atoms with E-state index in [2.05, 4.69) is 6.92 Å². The number of rotatable bonds is 0. The molecule has 2 aliphatic rings. The van der Waals surface area contributed by atoms with Crippen LogP contribution >= 0.6 is 0 Å². The first kappa shape index (κ1) is 6.62. The van der Waals surface area contributed by atoms with Crippen LogP contribution in [0.25, 0.3) is 0 Å². The van der Waals surface area contributed by atoms with Gasteiger partial charge in [-0.25, -0.2) is 0 Å². The molecule has 0 amide bonds. The third kappa shape index (κ3) is 0.789. The molecule has 0 N–H and O–H groups in total. The summed E-state index contributed by atoms with van der Waals surface area (Å²) in [6.07, 6.45) is 2.82. The van der Waals surface area contributed by atoms with E-state index in [9.17, 15) is 0 Å². The Kier molecular flexibility index (Phi) is 1.46. The van der Waals surface area contributed by atoms with E-state index in [1.165, 1.54) is 30.4 Å². The summed E-state index contributed by atoms with van der Waals surface area (Å²) in [5.41, 5.74) is 0. The summed E-state index contributed by atoms with van der Waals surface area (Å²) in [5.74, 6) is 0. The second-order valence-electron chi connectivity index (χ2n) is 3.72. The Morgan fingerprint density at radius 1 is 1.30 bits per heavy atom. The highest BCUT2D eigenvalue weighted by molar-refractivity contribution is 4.62. The van der Waals surface area contributed by atoms with Crippen molar-refractivity contribution in [1.82, 2.24) is 0 Å². The van der Waals surface area contributed by atoms with Crippen LogP contribution in [0.4, 0.5) is 0 Å². The molecular formula is C8H16NO+. The molecule has 0 bridgehead atoms. The number of hydrogen-bond acceptors (Lipinski definition) is 1. The third-order valence-corrected chi connectivity index (χ3v) is 3.10. The monoisotopic (exact) mass is 142 g/mol. The lowest BCUT2D eigenvalue weighted by atomic mass is 10.3. The molecule has 2 heterocycles. The fourth-order valence-corrected chi connectivity index (χ4v) is 2.23. The van der Waals surface area contributed by atoms with Crippen molar-refractivity contribution in [2.45, 2.75) is 25.8 Å². The van der Waals surface area contributed by atoms with Crippen LogP contribution in [0.15, 0.2) is 0 Å². The summed E-state index contributed by atoms with van der Waals surface area (Å²) in [6, 6.07) is 0.766. The lowest BCUT2D eigenvalue weighted by Gasteiger charge is -2.31. The first-order chi connectivity index (χ1) is 4.83. The molecule has 0 aromatic carbocycles. The van der Waals surface area contributed by atoms with Gasteiger partial charge < -0.3 is 4.74 Å². The van der Waals surface area contributed by atoms with Gasteiger partial charge >= 0.3 is 0 Å². The topological polar surface area (TPSA) is 9.23 Å². The number of quaternary nitrogens is 1. The highest BCUT2D eigenvalue weighted by atomic mass is 16.5. The van der Waals surface area contributed by atoms with Gasteiger partial charge in [-0.05, 0) is 6.92 Å². The number of ether oxygens (including phenoxy) is 1. The molecule has 1 unspecified atom stereocenters. The Labute approximate surface area is 62.4 Å². The number of hydrogen-bond donors (Lipinski definition) is 0. The van der Waals surface area contributed by atoms with Crippen LogP contribution in [-0.2, 0) is 4.74 Å². The fraction of sp³-hybridized carbons (Fsp3) is 1.00. The van der Waals surface area contributed by atoms with E-state index in [1.807, 2.05) is 0 Å². The maximum absolute atomic E-state index is 5.47. The van der Waals surface area contributed by atoms with E-state index in [0.717, 1.165) is 19.4 Å². The van der Waals surface area contributed by atoms with E-state index < -0.39 is 0 Å². The van der Waals surface area contributed by atoms with Gasteiger partial charge in [0.15, 0.2) is 6.73 Å². The average Bonchev–Trinajstić information content (AvgIpc) is 2.48. The summed E-state index contributed by atoms with van der Waals surface area (Å²) in [5, 5.41) is 0. The van der Waals surface area contributed by atoms with Gasteiger partial charge in [0.1, 0.15) is 12.6 Å². The van der Waals surface area contributed by atoms with Gasteiger partial charge in [0, 0.05) is 12.8 Å². The van der Waals surface area contributed by atoms with Gasteiger partial charge in [0.25, 0.3) is 0 Å².